The van der Waals surface area contributed by atoms with Crippen molar-refractivity contribution in [3.63, 3.8) is 0 Å². The molecule has 1 aromatic heterocycles. The van der Waals surface area contributed by atoms with Crippen molar-refractivity contribution < 1.29 is 9.59 Å². The van der Waals surface area contributed by atoms with Crippen LogP contribution in [-0.2, 0) is 11.2 Å². The number of hydrogen-bond acceptors (Lipinski definition) is 4. The summed E-state index contributed by atoms with van der Waals surface area (Å²) in [4.78, 5) is 27.6. The zero-order valence-electron chi connectivity index (χ0n) is 11.8. The molecule has 0 saturated carbocycles. The van der Waals surface area contributed by atoms with Gasteiger partial charge in [-0.15, -0.1) is 17.9 Å². The van der Waals surface area contributed by atoms with Crippen molar-refractivity contribution >= 4 is 34.1 Å². The second-order valence-corrected chi connectivity index (χ2v) is 5.22. The number of thiazole rings is 1. The standard InChI is InChI=1S/C15H16N4O2S/c1-2-8-16-13(20)9-12-10-22-15(18-12)19-14(21)17-11-6-4-3-5-7-11/h2-7,10H,1,8-9H2,(H,16,20)(H2,17,18,19,21). The molecule has 114 valence electrons. The molecule has 1 aromatic carbocycles. The summed E-state index contributed by atoms with van der Waals surface area (Å²) in [5.74, 6) is -0.134. The van der Waals surface area contributed by atoms with Gasteiger partial charge in [0.15, 0.2) is 5.13 Å². The number of nitrogens with one attached hydrogen (secondary N) is 3. The third kappa shape index (κ3) is 5.02. The van der Waals surface area contributed by atoms with Crippen LogP contribution in [0, 0.1) is 0 Å². The van der Waals surface area contributed by atoms with Gasteiger partial charge in [-0.25, -0.2) is 9.78 Å². The molecule has 0 unspecified atom stereocenters. The van der Waals surface area contributed by atoms with E-state index in [1.807, 2.05) is 18.2 Å². The van der Waals surface area contributed by atoms with E-state index in [1.54, 1.807) is 23.6 Å². The van der Waals surface area contributed by atoms with E-state index in [4.69, 9.17) is 0 Å². The molecule has 6 nitrogen and oxygen atoms in total. The van der Waals surface area contributed by atoms with Crippen molar-refractivity contribution in [3.05, 3.63) is 54.1 Å². The molecule has 0 aliphatic heterocycles. The van der Waals surface area contributed by atoms with Crippen molar-refractivity contribution in [2.45, 2.75) is 6.42 Å². The Bertz CT molecular complexity index is 655. The van der Waals surface area contributed by atoms with Gasteiger partial charge in [-0.1, -0.05) is 24.3 Å². The van der Waals surface area contributed by atoms with Gasteiger partial charge in [0.1, 0.15) is 0 Å². The van der Waals surface area contributed by atoms with Gasteiger partial charge in [-0.2, -0.15) is 0 Å². The molecule has 7 heteroatoms. The van der Waals surface area contributed by atoms with Crippen LogP contribution < -0.4 is 16.0 Å². The van der Waals surface area contributed by atoms with Crippen molar-refractivity contribution in [2.75, 3.05) is 17.2 Å². The maximum Gasteiger partial charge on any atom is 0.325 e. The average molecular weight is 316 g/mol. The molecule has 0 saturated heterocycles. The molecule has 0 radical (unpaired) electrons. The molecule has 2 aromatic rings. The van der Waals surface area contributed by atoms with E-state index in [0.29, 0.717) is 23.1 Å². The Hall–Kier alpha value is -2.67. The van der Waals surface area contributed by atoms with Crippen LogP contribution in [0.25, 0.3) is 0 Å². The zero-order chi connectivity index (χ0) is 15.8. The van der Waals surface area contributed by atoms with Crippen LogP contribution in [0.3, 0.4) is 0 Å². The van der Waals surface area contributed by atoms with E-state index in [-0.39, 0.29) is 18.4 Å². The zero-order valence-corrected chi connectivity index (χ0v) is 12.7. The van der Waals surface area contributed by atoms with Crippen molar-refractivity contribution in [1.82, 2.24) is 10.3 Å². The highest BCUT2D eigenvalue weighted by atomic mass is 32.1. The number of aromatic nitrogens is 1. The van der Waals surface area contributed by atoms with E-state index in [2.05, 4.69) is 27.5 Å². The number of urea groups is 1. The van der Waals surface area contributed by atoms with Gasteiger partial charge in [0, 0.05) is 17.6 Å². The van der Waals surface area contributed by atoms with Crippen LogP contribution in [0.1, 0.15) is 5.69 Å². The second-order valence-electron chi connectivity index (χ2n) is 4.36. The van der Waals surface area contributed by atoms with Crippen LogP contribution in [0.5, 0.6) is 0 Å². The molecule has 3 N–H and O–H groups in total. The number of nitrogens with zero attached hydrogens (tertiary/aromatic N) is 1. The van der Waals surface area contributed by atoms with E-state index in [0.717, 1.165) is 0 Å². The van der Waals surface area contributed by atoms with Gasteiger partial charge in [-0.3, -0.25) is 10.1 Å². The fraction of sp³-hybridized carbons (Fsp3) is 0.133. The number of carbonyl (C=O) groups excluding carboxylic acids is 2. The fourth-order valence-electron chi connectivity index (χ4n) is 1.64. The van der Waals surface area contributed by atoms with Crippen LogP contribution in [0.4, 0.5) is 15.6 Å². The average Bonchev–Trinajstić information content (AvgIpc) is 2.93. The number of hydrogen-bond donors (Lipinski definition) is 3. The summed E-state index contributed by atoms with van der Waals surface area (Å²) < 4.78 is 0. The molecular weight excluding hydrogens is 300 g/mol. The number of para-hydroxylation sites is 1. The van der Waals surface area contributed by atoms with Gasteiger partial charge >= 0.3 is 6.03 Å². The quantitative estimate of drug-likeness (QED) is 0.716. The first-order valence-corrected chi connectivity index (χ1v) is 7.50. The first-order valence-electron chi connectivity index (χ1n) is 6.62. The van der Waals surface area contributed by atoms with E-state index in [9.17, 15) is 9.59 Å². The Morgan fingerprint density at radius 2 is 2.00 bits per heavy atom. The smallest absolute Gasteiger partial charge is 0.325 e. The highest BCUT2D eigenvalue weighted by Gasteiger charge is 2.09. The number of anilines is 2. The molecule has 0 aliphatic rings. The highest BCUT2D eigenvalue weighted by Crippen LogP contribution is 2.16. The van der Waals surface area contributed by atoms with Gasteiger partial charge in [0.25, 0.3) is 0 Å². The summed E-state index contributed by atoms with van der Waals surface area (Å²) in [6.45, 7) is 3.95. The lowest BCUT2D eigenvalue weighted by atomic mass is 10.3. The summed E-state index contributed by atoms with van der Waals surface area (Å²) >= 11 is 1.27. The first-order chi connectivity index (χ1) is 10.7. The van der Waals surface area contributed by atoms with Crippen molar-refractivity contribution in [1.29, 1.82) is 0 Å². The molecule has 3 amide bonds. The molecule has 2 rings (SSSR count). The molecular formula is C15H16N4O2S. The molecule has 0 aliphatic carbocycles. The van der Waals surface area contributed by atoms with Gasteiger partial charge < -0.3 is 10.6 Å². The monoisotopic (exact) mass is 316 g/mol. The Balaban J connectivity index is 1.85. The lowest BCUT2D eigenvalue weighted by Gasteiger charge is -2.04. The maximum absolute atomic E-state index is 11.8. The Morgan fingerprint density at radius 1 is 1.23 bits per heavy atom. The molecule has 22 heavy (non-hydrogen) atoms. The lowest BCUT2D eigenvalue weighted by Crippen LogP contribution is -2.25. The fourth-order valence-corrected chi connectivity index (χ4v) is 2.34. The molecule has 0 bridgehead atoms. The number of amides is 3. The van der Waals surface area contributed by atoms with E-state index < -0.39 is 0 Å². The third-order valence-electron chi connectivity index (χ3n) is 2.59. The van der Waals surface area contributed by atoms with Crippen molar-refractivity contribution in [3.8, 4) is 0 Å². The van der Waals surface area contributed by atoms with Gasteiger partial charge in [-0.05, 0) is 12.1 Å². The summed E-state index contributed by atoms with van der Waals surface area (Å²) in [5, 5.41) is 10.2. The Labute approximate surface area is 132 Å². The summed E-state index contributed by atoms with van der Waals surface area (Å²) in [5.41, 5.74) is 1.31. The van der Waals surface area contributed by atoms with E-state index in [1.165, 1.54) is 11.3 Å². The largest absolute Gasteiger partial charge is 0.352 e. The molecule has 0 atom stereocenters. The minimum atomic E-state index is -0.372. The molecule has 0 fully saturated rings. The Morgan fingerprint density at radius 3 is 2.73 bits per heavy atom. The maximum atomic E-state index is 11.8. The van der Waals surface area contributed by atoms with Crippen LogP contribution in [0.15, 0.2) is 48.4 Å². The second kappa shape index (κ2) is 7.94. The number of benzene rings is 1. The van der Waals surface area contributed by atoms with E-state index >= 15 is 0 Å². The summed E-state index contributed by atoms with van der Waals surface area (Å²) in [6.07, 6.45) is 1.78. The summed E-state index contributed by atoms with van der Waals surface area (Å²) in [7, 11) is 0. The Kier molecular flexibility index (Phi) is 5.67. The minimum Gasteiger partial charge on any atom is -0.352 e. The number of rotatable bonds is 6. The highest BCUT2D eigenvalue weighted by molar-refractivity contribution is 7.13. The third-order valence-corrected chi connectivity index (χ3v) is 3.40. The molecule has 0 spiro atoms. The predicted octanol–water partition coefficient (Wildman–Crippen LogP) is 2.63. The lowest BCUT2D eigenvalue weighted by molar-refractivity contribution is -0.120. The van der Waals surface area contributed by atoms with Crippen LogP contribution in [0.2, 0.25) is 0 Å². The van der Waals surface area contributed by atoms with Crippen molar-refractivity contribution in [2.24, 2.45) is 0 Å². The van der Waals surface area contributed by atoms with Crippen LogP contribution in [-0.4, -0.2) is 23.5 Å². The van der Waals surface area contributed by atoms with Gasteiger partial charge in [0.05, 0.1) is 12.1 Å². The predicted molar refractivity (Wildman–Crippen MR) is 88.1 cm³/mol. The first kappa shape index (κ1) is 15.7. The van der Waals surface area contributed by atoms with Crippen LogP contribution >= 0.6 is 11.3 Å². The SMILES string of the molecule is C=CCNC(=O)Cc1csc(NC(=O)Nc2ccccc2)n1. The normalized spacial score (nSPS) is 9.82. The topological polar surface area (TPSA) is 83.1 Å². The summed E-state index contributed by atoms with van der Waals surface area (Å²) in [6, 6.07) is 8.74. The minimum absolute atomic E-state index is 0.134. The van der Waals surface area contributed by atoms with Gasteiger partial charge in [0.2, 0.25) is 5.91 Å². The molecule has 1 heterocycles. The number of carbonyl (C=O) groups is 2.